The largest absolute Gasteiger partial charge is 0.480 e. The van der Waals surface area contributed by atoms with E-state index in [0.717, 1.165) is 5.38 Å². The average molecular weight is 345 g/mol. The number of aliphatic hydroxyl groups excluding tert-OH is 1. The molecule has 0 saturated carbocycles. The number of hydrogen-bond donors (Lipinski definition) is 2. The van der Waals surface area contributed by atoms with E-state index in [0.29, 0.717) is 10.4 Å². The number of nitrogens with zero attached hydrogens (tertiary/aromatic N) is 1. The fourth-order valence-corrected chi connectivity index (χ4v) is 4.77. The van der Waals surface area contributed by atoms with Gasteiger partial charge < -0.3 is 10.2 Å². The number of carbonyl (C=O) groups is 1. The van der Waals surface area contributed by atoms with Gasteiger partial charge in [0.05, 0.1) is 11.0 Å². The molecule has 0 aliphatic carbocycles. The molecule has 2 heterocycles. The number of sulfonamides is 1. The van der Waals surface area contributed by atoms with Gasteiger partial charge in [0, 0.05) is 18.3 Å². The summed E-state index contributed by atoms with van der Waals surface area (Å²) in [6, 6.07) is -1.02. The highest BCUT2D eigenvalue weighted by Crippen LogP contribution is 2.37. The Hall–Kier alpha value is -1.17. The molecule has 6 nitrogen and oxygen atoms in total. The van der Waals surface area contributed by atoms with E-state index in [9.17, 15) is 31.5 Å². The molecule has 1 aromatic heterocycles. The molecule has 0 bridgehead atoms. The van der Waals surface area contributed by atoms with Crippen LogP contribution >= 0.6 is 11.3 Å². The van der Waals surface area contributed by atoms with Crippen LogP contribution in [0.25, 0.3) is 0 Å². The highest BCUT2D eigenvalue weighted by molar-refractivity contribution is 7.89. The number of alkyl halides is 3. The number of rotatable bonds is 3. The molecule has 1 aliphatic heterocycles. The topological polar surface area (TPSA) is 94.9 Å². The predicted molar refractivity (Wildman–Crippen MR) is 65.3 cm³/mol. The molecule has 0 spiro atoms. The average Bonchev–Trinajstić information content (AvgIpc) is 2.93. The van der Waals surface area contributed by atoms with Crippen LogP contribution < -0.4 is 0 Å². The molecule has 21 heavy (non-hydrogen) atoms. The van der Waals surface area contributed by atoms with Crippen molar-refractivity contribution in [2.45, 2.75) is 29.6 Å². The lowest BCUT2D eigenvalue weighted by Crippen LogP contribution is -2.40. The van der Waals surface area contributed by atoms with Crippen LogP contribution in [0.2, 0.25) is 0 Å². The Kier molecular flexibility index (Phi) is 4.04. The lowest BCUT2D eigenvalue weighted by molar-refractivity contribution is -0.140. The van der Waals surface area contributed by atoms with E-state index in [1.165, 1.54) is 0 Å². The van der Waals surface area contributed by atoms with Crippen LogP contribution in [0.5, 0.6) is 0 Å². The summed E-state index contributed by atoms with van der Waals surface area (Å²) >= 11 is 0.212. The van der Waals surface area contributed by atoms with Crippen molar-refractivity contribution < 1.29 is 36.6 Å². The smallest absolute Gasteiger partial charge is 0.425 e. The maximum Gasteiger partial charge on any atom is 0.425 e. The van der Waals surface area contributed by atoms with Crippen LogP contribution in [0.1, 0.15) is 11.3 Å². The molecule has 0 aromatic carbocycles. The zero-order chi connectivity index (χ0) is 16.0. The first-order valence-corrected chi connectivity index (χ1v) is 7.94. The third kappa shape index (κ3) is 3.05. The lowest BCUT2D eigenvalue weighted by Gasteiger charge is -2.19. The Morgan fingerprint density at radius 2 is 2.05 bits per heavy atom. The van der Waals surface area contributed by atoms with Crippen molar-refractivity contribution in [3.05, 3.63) is 16.3 Å². The number of hydrogen-bond acceptors (Lipinski definition) is 5. The van der Waals surface area contributed by atoms with Crippen molar-refractivity contribution in [2.24, 2.45) is 0 Å². The second kappa shape index (κ2) is 5.23. The Morgan fingerprint density at radius 1 is 1.43 bits per heavy atom. The molecule has 1 saturated heterocycles. The lowest BCUT2D eigenvalue weighted by atomic mass is 10.2. The second-order valence-electron chi connectivity index (χ2n) is 4.46. The van der Waals surface area contributed by atoms with E-state index in [4.69, 9.17) is 5.11 Å². The fourth-order valence-electron chi connectivity index (χ4n) is 2.01. The minimum Gasteiger partial charge on any atom is -0.480 e. The van der Waals surface area contributed by atoms with Gasteiger partial charge in [-0.1, -0.05) is 0 Å². The number of aliphatic carboxylic acids is 1. The summed E-state index contributed by atoms with van der Waals surface area (Å²) in [7, 11) is -4.40. The van der Waals surface area contributed by atoms with E-state index in [2.05, 4.69) is 0 Å². The molecule has 1 aliphatic rings. The van der Waals surface area contributed by atoms with Crippen LogP contribution in [0.4, 0.5) is 13.2 Å². The molecule has 0 radical (unpaired) electrons. The Bertz CT molecular complexity index is 654. The third-order valence-electron chi connectivity index (χ3n) is 2.98. The van der Waals surface area contributed by atoms with Gasteiger partial charge in [-0.25, -0.2) is 8.42 Å². The Labute approximate surface area is 121 Å². The SMILES string of the molecule is O=C(O)[C@H]1C[C@H](O)CN1S(=O)(=O)c1csc(C(F)(F)F)c1. The molecular formula is C10H10F3NO5S2. The van der Waals surface area contributed by atoms with Gasteiger partial charge in [0.15, 0.2) is 0 Å². The highest BCUT2D eigenvalue weighted by Gasteiger charge is 2.44. The van der Waals surface area contributed by atoms with Gasteiger partial charge in [-0.15, -0.1) is 11.3 Å². The maximum absolute atomic E-state index is 12.5. The summed E-state index contributed by atoms with van der Waals surface area (Å²) in [5, 5.41) is 19.2. The van der Waals surface area contributed by atoms with E-state index >= 15 is 0 Å². The third-order valence-corrected chi connectivity index (χ3v) is 5.96. The summed E-state index contributed by atoms with van der Waals surface area (Å²) in [5.74, 6) is -1.46. The van der Waals surface area contributed by atoms with Crippen LogP contribution in [0.3, 0.4) is 0 Å². The molecule has 118 valence electrons. The predicted octanol–water partition coefficient (Wildman–Crippen LogP) is 0.975. The van der Waals surface area contributed by atoms with Crippen molar-refractivity contribution >= 4 is 27.3 Å². The van der Waals surface area contributed by atoms with Crippen LogP contribution in [0, 0.1) is 0 Å². The van der Waals surface area contributed by atoms with Crippen LogP contribution in [0.15, 0.2) is 16.3 Å². The number of halogens is 3. The van der Waals surface area contributed by atoms with Crippen LogP contribution in [-0.2, 0) is 21.0 Å². The molecular weight excluding hydrogens is 335 g/mol. The molecule has 11 heteroatoms. The Morgan fingerprint density at radius 3 is 2.52 bits per heavy atom. The first-order chi connectivity index (χ1) is 9.53. The number of aliphatic hydroxyl groups is 1. The zero-order valence-electron chi connectivity index (χ0n) is 10.2. The van der Waals surface area contributed by atoms with Crippen molar-refractivity contribution in [3.63, 3.8) is 0 Å². The standard InChI is InChI=1S/C10H10F3NO5S2/c11-10(12,13)8-2-6(4-20-8)21(18,19)14-3-5(15)1-7(14)9(16)17/h2,4-5,7,15H,1,3H2,(H,16,17)/t5-,7+/m0/s1. The summed E-state index contributed by atoms with van der Waals surface area (Å²) in [5.41, 5.74) is 0. The normalized spacial score (nSPS) is 24.4. The van der Waals surface area contributed by atoms with Crippen molar-refractivity contribution in [3.8, 4) is 0 Å². The van der Waals surface area contributed by atoms with E-state index < -0.39 is 50.6 Å². The summed E-state index contributed by atoms with van der Waals surface area (Å²) in [6.07, 6.45) is -6.14. The monoisotopic (exact) mass is 345 g/mol. The minimum absolute atomic E-state index is 0.212. The number of carboxylic acids is 1. The Balaban J connectivity index is 2.38. The fraction of sp³-hybridized carbons (Fsp3) is 0.500. The number of carboxylic acid groups (broad SMARTS) is 1. The first-order valence-electron chi connectivity index (χ1n) is 5.62. The summed E-state index contributed by atoms with van der Waals surface area (Å²) in [6.45, 7) is -0.462. The van der Waals surface area contributed by atoms with Crippen LogP contribution in [-0.4, -0.2) is 47.6 Å². The van der Waals surface area contributed by atoms with Gasteiger partial charge in [-0.2, -0.15) is 17.5 Å². The molecule has 2 atom stereocenters. The first kappa shape index (κ1) is 16.2. The van der Waals surface area contributed by atoms with Gasteiger partial charge in [0.25, 0.3) is 0 Å². The van der Waals surface area contributed by atoms with Gasteiger partial charge in [-0.05, 0) is 6.07 Å². The van der Waals surface area contributed by atoms with Crippen molar-refractivity contribution in [1.29, 1.82) is 0 Å². The van der Waals surface area contributed by atoms with Crippen molar-refractivity contribution in [1.82, 2.24) is 4.31 Å². The second-order valence-corrected chi connectivity index (χ2v) is 7.26. The summed E-state index contributed by atoms with van der Waals surface area (Å²) < 4.78 is 62.5. The molecule has 0 unspecified atom stereocenters. The maximum atomic E-state index is 12.5. The minimum atomic E-state index is -4.67. The molecule has 0 amide bonds. The van der Waals surface area contributed by atoms with E-state index in [-0.39, 0.29) is 17.8 Å². The van der Waals surface area contributed by atoms with Gasteiger partial charge in [0.1, 0.15) is 10.9 Å². The molecule has 2 N–H and O–H groups in total. The van der Waals surface area contributed by atoms with Crippen molar-refractivity contribution in [2.75, 3.05) is 6.54 Å². The highest BCUT2D eigenvalue weighted by atomic mass is 32.2. The van der Waals surface area contributed by atoms with E-state index in [1.807, 2.05) is 0 Å². The molecule has 1 aromatic rings. The van der Waals surface area contributed by atoms with Gasteiger partial charge >= 0.3 is 12.1 Å². The quantitative estimate of drug-likeness (QED) is 0.851. The zero-order valence-corrected chi connectivity index (χ0v) is 11.9. The van der Waals surface area contributed by atoms with Gasteiger partial charge in [-0.3, -0.25) is 4.79 Å². The molecule has 1 fully saturated rings. The summed E-state index contributed by atoms with van der Waals surface area (Å²) in [4.78, 5) is 9.29. The van der Waals surface area contributed by atoms with E-state index in [1.54, 1.807) is 0 Å². The van der Waals surface area contributed by atoms with Gasteiger partial charge in [0.2, 0.25) is 10.0 Å². The molecule has 2 rings (SSSR count). The number of β-amino-alcohol motifs (C(OH)–C–C–N with tert-alkyl or cyclic N) is 1. The number of thiophene rings is 1.